The van der Waals surface area contributed by atoms with Gasteiger partial charge in [-0.1, -0.05) is 13.3 Å². The summed E-state index contributed by atoms with van der Waals surface area (Å²) in [7, 11) is 0. The zero-order chi connectivity index (χ0) is 6.62. The maximum Gasteiger partial charge on any atom is 0.307 e. The Morgan fingerprint density at radius 2 is 1.75 bits per heavy atom. The van der Waals surface area contributed by atoms with Gasteiger partial charge in [-0.15, -0.1) is 0 Å². The Kier molecular flexibility index (Phi) is 4.85. The molecule has 0 aromatic heterocycles. The van der Waals surface area contributed by atoms with Gasteiger partial charge in [0.1, 0.15) is 39.9 Å². The zero-order valence-electron chi connectivity index (χ0n) is 4.70. The molecule has 0 fully saturated rings. The summed E-state index contributed by atoms with van der Waals surface area (Å²) in [4.78, 5) is 0. The van der Waals surface area contributed by atoms with Crippen molar-refractivity contribution >= 4 is 39.0 Å². The van der Waals surface area contributed by atoms with E-state index in [0.29, 0.717) is 0 Å². The largest absolute Gasteiger partial charge is 0.307 e. The maximum absolute atomic E-state index is 5.55. The van der Waals surface area contributed by atoms with Crippen LogP contribution in [0, 0.1) is 0 Å². The van der Waals surface area contributed by atoms with E-state index in [0.717, 1.165) is 19.0 Å². The highest BCUT2D eigenvalue weighted by Gasteiger charge is 2.30. The van der Waals surface area contributed by atoms with Crippen molar-refractivity contribution in [3.05, 3.63) is 0 Å². The molecule has 0 unspecified atom stereocenters. The van der Waals surface area contributed by atoms with Gasteiger partial charge < -0.3 is 0 Å². The van der Waals surface area contributed by atoms with E-state index < -0.39 is 5.32 Å². The second kappa shape index (κ2) is 4.17. The van der Waals surface area contributed by atoms with Crippen LogP contribution in [-0.2, 0) is 0 Å². The molecule has 0 amide bonds. The molecule has 0 aliphatic rings. The summed E-state index contributed by atoms with van der Waals surface area (Å²) in [5.41, 5.74) is 0. The Labute approximate surface area is 65.2 Å². The molecule has 0 atom stereocenters. The van der Waals surface area contributed by atoms with Crippen molar-refractivity contribution in [3.63, 3.8) is 0 Å². The van der Waals surface area contributed by atoms with Gasteiger partial charge in [0.25, 0.3) is 0 Å². The molecule has 0 rings (SSSR count). The number of hydrogen-bond acceptors (Lipinski definition) is 0. The van der Waals surface area contributed by atoms with Crippen LogP contribution in [0.2, 0.25) is 0 Å². The van der Waals surface area contributed by atoms with Crippen molar-refractivity contribution < 1.29 is 0 Å². The third kappa shape index (κ3) is 7.30. The third-order valence-corrected chi connectivity index (χ3v) is 3.11. The van der Waals surface area contributed by atoms with E-state index in [9.17, 15) is 0 Å². The first kappa shape index (κ1) is 9.30. The molecule has 0 saturated carbocycles. The van der Waals surface area contributed by atoms with Crippen molar-refractivity contribution in [2.45, 2.75) is 19.8 Å². The van der Waals surface area contributed by atoms with Gasteiger partial charge in [0.2, 0.25) is 0 Å². The minimum atomic E-state index is -2.02. The molecule has 0 aliphatic carbocycles. The van der Waals surface area contributed by atoms with Crippen LogP contribution in [0.3, 0.4) is 0 Å². The molecular formula is C4H9Cl3P+. The molecule has 0 N–H and O–H groups in total. The van der Waals surface area contributed by atoms with Gasteiger partial charge in [-0.3, -0.25) is 0 Å². The van der Waals surface area contributed by atoms with Crippen molar-refractivity contribution in [3.8, 4) is 0 Å². The number of unbranched alkanes of at least 4 members (excludes halogenated alkanes) is 1. The quantitative estimate of drug-likeness (QED) is 0.589. The summed E-state index contributed by atoms with van der Waals surface area (Å²) in [5.74, 6) is 0. The monoisotopic (exact) mass is 193 g/mol. The highest BCUT2D eigenvalue weighted by Crippen LogP contribution is 2.74. The molecule has 50 valence electrons. The normalized spacial score (nSPS) is 12.0. The van der Waals surface area contributed by atoms with Crippen molar-refractivity contribution in [2.24, 2.45) is 0 Å². The highest BCUT2D eigenvalue weighted by molar-refractivity contribution is 8.32. The van der Waals surface area contributed by atoms with Crippen LogP contribution in [0.15, 0.2) is 0 Å². The van der Waals surface area contributed by atoms with Crippen molar-refractivity contribution in [1.29, 1.82) is 0 Å². The summed E-state index contributed by atoms with van der Waals surface area (Å²) in [6, 6.07) is 0. The third-order valence-electron chi connectivity index (χ3n) is 0.765. The lowest BCUT2D eigenvalue weighted by Crippen LogP contribution is -1.76. The van der Waals surface area contributed by atoms with E-state index in [1.165, 1.54) is 0 Å². The molecule has 4 heteroatoms. The first-order chi connectivity index (χ1) is 3.56. The Morgan fingerprint density at radius 3 is 1.88 bits per heavy atom. The molecule has 8 heavy (non-hydrogen) atoms. The second-order valence-corrected chi connectivity index (χ2v) is 9.93. The van der Waals surface area contributed by atoms with Gasteiger partial charge in [0.05, 0.1) is 0 Å². The summed E-state index contributed by atoms with van der Waals surface area (Å²) in [6.45, 7) is 2.08. The van der Waals surface area contributed by atoms with Crippen LogP contribution >= 0.6 is 39.0 Å². The summed E-state index contributed by atoms with van der Waals surface area (Å²) >= 11 is 16.7. The molecule has 0 nitrogen and oxygen atoms in total. The lowest BCUT2D eigenvalue weighted by atomic mass is 10.4. The first-order valence-electron chi connectivity index (χ1n) is 2.53. The topological polar surface area (TPSA) is 0 Å². The summed E-state index contributed by atoms with van der Waals surface area (Å²) < 4.78 is 0. The fourth-order valence-corrected chi connectivity index (χ4v) is 2.09. The molecule has 0 aromatic rings. The Balaban J connectivity index is 3.11. The van der Waals surface area contributed by atoms with E-state index in [1.54, 1.807) is 0 Å². The van der Waals surface area contributed by atoms with Gasteiger partial charge in [-0.2, -0.15) is 0 Å². The lowest BCUT2D eigenvalue weighted by Gasteiger charge is -1.95. The van der Waals surface area contributed by atoms with Gasteiger partial charge in [-0.25, -0.2) is 0 Å². The molecule has 0 bridgehead atoms. The fraction of sp³-hybridized carbons (Fsp3) is 1.00. The second-order valence-electron chi connectivity index (χ2n) is 1.63. The average molecular weight is 194 g/mol. The predicted octanol–water partition coefficient (Wildman–Crippen LogP) is 4.27. The van der Waals surface area contributed by atoms with Crippen LogP contribution in [0.5, 0.6) is 0 Å². The fourth-order valence-electron chi connectivity index (χ4n) is 0.337. The summed E-state index contributed by atoms with van der Waals surface area (Å²) in [6.07, 6.45) is 2.91. The molecule has 0 aliphatic heterocycles. The molecule has 0 saturated heterocycles. The SMILES string of the molecule is CCCC[P+](Cl)(Cl)Cl. The Morgan fingerprint density at radius 1 is 1.25 bits per heavy atom. The van der Waals surface area contributed by atoms with Crippen LogP contribution in [0.25, 0.3) is 0 Å². The number of rotatable bonds is 3. The first-order valence-corrected chi connectivity index (χ1v) is 7.22. The summed E-state index contributed by atoms with van der Waals surface area (Å²) in [5, 5.41) is -2.02. The smallest absolute Gasteiger partial charge is 0.0652 e. The number of halogens is 3. The Hall–Kier alpha value is 1.30. The molecule has 0 aromatic carbocycles. The van der Waals surface area contributed by atoms with E-state index in [4.69, 9.17) is 33.7 Å². The molecule has 0 spiro atoms. The lowest BCUT2D eigenvalue weighted by molar-refractivity contribution is 0.894. The van der Waals surface area contributed by atoms with Crippen LogP contribution in [0.4, 0.5) is 0 Å². The van der Waals surface area contributed by atoms with Crippen molar-refractivity contribution in [2.75, 3.05) is 6.16 Å². The van der Waals surface area contributed by atoms with Crippen LogP contribution < -0.4 is 0 Å². The van der Waals surface area contributed by atoms with E-state index >= 15 is 0 Å². The van der Waals surface area contributed by atoms with Gasteiger partial charge in [0.15, 0.2) is 0 Å². The van der Waals surface area contributed by atoms with E-state index in [2.05, 4.69) is 6.92 Å². The van der Waals surface area contributed by atoms with Gasteiger partial charge >= 0.3 is 5.32 Å². The van der Waals surface area contributed by atoms with Gasteiger partial charge in [0, 0.05) is 0 Å². The van der Waals surface area contributed by atoms with Crippen molar-refractivity contribution in [1.82, 2.24) is 0 Å². The standard InChI is InChI=1S/C4H9Cl3P/c1-2-3-4-8(5,6)7/h2-4H2,1H3/q+1. The predicted molar refractivity (Wildman–Crippen MR) is 44.3 cm³/mol. The minimum absolute atomic E-state index is 0.772. The molecule has 0 radical (unpaired) electrons. The van der Waals surface area contributed by atoms with E-state index in [1.807, 2.05) is 0 Å². The van der Waals surface area contributed by atoms with Crippen LogP contribution in [-0.4, -0.2) is 6.16 Å². The molecular weight excluding hydrogens is 185 g/mol. The maximum atomic E-state index is 5.55. The highest BCUT2D eigenvalue weighted by atomic mass is 36.1. The van der Waals surface area contributed by atoms with Gasteiger partial charge in [-0.05, 0) is 6.42 Å². The van der Waals surface area contributed by atoms with E-state index in [-0.39, 0.29) is 0 Å². The zero-order valence-corrected chi connectivity index (χ0v) is 7.86. The minimum Gasteiger partial charge on any atom is -0.0652 e. The average Bonchev–Trinajstić information content (AvgIpc) is 1.59. The Bertz CT molecular complexity index is 58.8. The molecule has 0 heterocycles. The van der Waals surface area contributed by atoms with Crippen LogP contribution in [0.1, 0.15) is 19.8 Å². The number of hydrogen-bond donors (Lipinski definition) is 0.